The third-order valence-electron chi connectivity index (χ3n) is 2.60. The molecule has 0 saturated carbocycles. The fourth-order valence-corrected chi connectivity index (χ4v) is 1.53. The summed E-state index contributed by atoms with van der Waals surface area (Å²) in [4.78, 5) is 16.3. The summed E-state index contributed by atoms with van der Waals surface area (Å²) in [5.41, 5.74) is 0.507. The summed E-state index contributed by atoms with van der Waals surface area (Å²) in [6, 6.07) is 7.21. The Hall–Kier alpha value is -2.04. The van der Waals surface area contributed by atoms with E-state index in [2.05, 4.69) is 17.2 Å². The third-order valence-corrected chi connectivity index (χ3v) is 2.60. The van der Waals surface area contributed by atoms with E-state index in [1.54, 1.807) is 31.4 Å². The molecule has 1 rings (SSSR count). The van der Waals surface area contributed by atoms with E-state index in [-0.39, 0.29) is 11.9 Å². The van der Waals surface area contributed by atoms with Gasteiger partial charge in [0.05, 0.1) is 13.7 Å². The van der Waals surface area contributed by atoms with Gasteiger partial charge in [-0.15, -0.1) is 0 Å². The first-order chi connectivity index (χ1) is 9.71. The maximum atomic E-state index is 12.1. The number of carbonyl (C=O) groups excluding carboxylic acids is 1. The number of amides is 1. The summed E-state index contributed by atoms with van der Waals surface area (Å²) in [5.74, 6) is 0.381. The van der Waals surface area contributed by atoms with Crippen LogP contribution in [-0.2, 0) is 4.74 Å². The maximum absolute atomic E-state index is 12.1. The zero-order valence-corrected chi connectivity index (χ0v) is 12.3. The van der Waals surface area contributed by atoms with E-state index in [0.717, 1.165) is 12.8 Å². The van der Waals surface area contributed by atoms with Crippen LogP contribution in [0.3, 0.4) is 0 Å². The van der Waals surface area contributed by atoms with Gasteiger partial charge in [0.15, 0.2) is 0 Å². The second-order valence-electron chi connectivity index (χ2n) is 4.16. The first-order valence-corrected chi connectivity index (χ1v) is 6.83. The topological polar surface area (TPSA) is 59.9 Å². The highest BCUT2D eigenvalue weighted by atomic mass is 16.5. The zero-order valence-electron chi connectivity index (χ0n) is 12.3. The Morgan fingerprint density at radius 1 is 1.35 bits per heavy atom. The first kappa shape index (κ1) is 16.0. The molecule has 0 aliphatic carbocycles. The van der Waals surface area contributed by atoms with Crippen molar-refractivity contribution in [2.75, 3.05) is 20.3 Å². The van der Waals surface area contributed by atoms with E-state index in [0.29, 0.717) is 24.5 Å². The number of nitrogens with zero attached hydrogens (tertiary/aromatic N) is 1. The van der Waals surface area contributed by atoms with Gasteiger partial charge in [-0.2, -0.15) is 0 Å². The number of rotatable bonds is 6. The second-order valence-corrected chi connectivity index (χ2v) is 4.16. The molecule has 0 unspecified atom stereocenters. The van der Waals surface area contributed by atoms with Crippen LogP contribution < -0.4 is 10.1 Å². The Balaban J connectivity index is 2.71. The summed E-state index contributed by atoms with van der Waals surface area (Å²) >= 11 is 0. The van der Waals surface area contributed by atoms with E-state index in [4.69, 9.17) is 9.47 Å². The molecule has 0 bridgehead atoms. The van der Waals surface area contributed by atoms with Gasteiger partial charge in [0.2, 0.25) is 0 Å². The number of methoxy groups -OCH3 is 1. The van der Waals surface area contributed by atoms with Gasteiger partial charge in [0.25, 0.3) is 11.9 Å². The average molecular weight is 278 g/mol. The van der Waals surface area contributed by atoms with Gasteiger partial charge in [-0.3, -0.25) is 10.1 Å². The number of unbranched alkanes of at least 4 members (excludes halogenated alkanes) is 1. The van der Waals surface area contributed by atoms with Crippen LogP contribution in [-0.4, -0.2) is 32.2 Å². The lowest BCUT2D eigenvalue weighted by atomic mass is 10.2. The van der Waals surface area contributed by atoms with Gasteiger partial charge in [-0.1, -0.05) is 19.4 Å². The molecule has 0 radical (unpaired) electrons. The SMILES string of the molecule is CCCCN=C(NC(=O)c1cccc(OC)c1)OCC. The lowest BCUT2D eigenvalue weighted by molar-refractivity contribution is 0.0966. The van der Waals surface area contributed by atoms with Gasteiger partial charge >= 0.3 is 0 Å². The molecule has 0 aliphatic heterocycles. The standard InChI is InChI=1S/C15H22N2O3/c1-4-6-10-16-15(20-5-2)17-14(18)12-8-7-9-13(11-12)19-3/h7-9,11H,4-6,10H2,1-3H3,(H,16,17,18). The first-order valence-electron chi connectivity index (χ1n) is 6.83. The van der Waals surface area contributed by atoms with Crippen molar-refractivity contribution in [1.29, 1.82) is 0 Å². The van der Waals surface area contributed by atoms with Crippen molar-refractivity contribution < 1.29 is 14.3 Å². The van der Waals surface area contributed by atoms with Crippen molar-refractivity contribution in [3.05, 3.63) is 29.8 Å². The van der Waals surface area contributed by atoms with Crippen LogP contribution in [0.15, 0.2) is 29.3 Å². The number of aliphatic imine (C=N–C) groups is 1. The lowest BCUT2D eigenvalue weighted by Gasteiger charge is -2.09. The van der Waals surface area contributed by atoms with Crippen LogP contribution in [0.2, 0.25) is 0 Å². The summed E-state index contributed by atoms with van der Waals surface area (Å²) in [6.07, 6.45) is 2.01. The molecule has 5 nitrogen and oxygen atoms in total. The van der Waals surface area contributed by atoms with Crippen molar-refractivity contribution in [3.8, 4) is 5.75 Å². The van der Waals surface area contributed by atoms with Crippen molar-refractivity contribution in [2.24, 2.45) is 4.99 Å². The predicted molar refractivity (Wildman–Crippen MR) is 79.3 cm³/mol. The largest absolute Gasteiger partial charge is 0.497 e. The molecule has 5 heteroatoms. The summed E-state index contributed by atoms with van der Waals surface area (Å²) in [7, 11) is 1.56. The lowest BCUT2D eigenvalue weighted by Crippen LogP contribution is -2.32. The quantitative estimate of drug-likeness (QED) is 0.494. The second kappa shape index (κ2) is 8.96. The molecule has 1 aromatic rings. The van der Waals surface area contributed by atoms with Crippen molar-refractivity contribution in [2.45, 2.75) is 26.7 Å². The number of amidine groups is 1. The Labute approximate surface area is 120 Å². The molecule has 0 aliphatic rings. The van der Waals surface area contributed by atoms with Crippen LogP contribution in [0, 0.1) is 0 Å². The Bertz CT molecular complexity index is 458. The minimum absolute atomic E-state index is 0.257. The Kier molecular flexibility index (Phi) is 7.17. The number of carbonyl (C=O) groups is 1. The molecule has 0 aromatic heterocycles. The number of nitrogens with one attached hydrogen (secondary N) is 1. The molecule has 20 heavy (non-hydrogen) atoms. The predicted octanol–water partition coefficient (Wildman–Crippen LogP) is 2.62. The molecule has 110 valence electrons. The average Bonchev–Trinajstić information content (AvgIpc) is 2.47. The molecule has 1 N–H and O–H groups in total. The molecule has 0 atom stereocenters. The molecule has 0 spiro atoms. The summed E-state index contributed by atoms with van der Waals surface area (Å²) in [5, 5.41) is 2.68. The van der Waals surface area contributed by atoms with Gasteiger partial charge in [-0.05, 0) is 31.5 Å². The number of hydrogen-bond donors (Lipinski definition) is 1. The third kappa shape index (κ3) is 5.30. The molecule has 1 aromatic carbocycles. The van der Waals surface area contributed by atoms with Gasteiger partial charge in [0, 0.05) is 12.1 Å². The van der Waals surface area contributed by atoms with Crippen LogP contribution in [0.4, 0.5) is 0 Å². The summed E-state index contributed by atoms with van der Waals surface area (Å²) in [6.45, 7) is 5.05. The molecule has 0 fully saturated rings. The molecule has 0 heterocycles. The van der Waals surface area contributed by atoms with Crippen LogP contribution in [0.5, 0.6) is 5.75 Å². The van der Waals surface area contributed by atoms with Gasteiger partial charge < -0.3 is 9.47 Å². The van der Waals surface area contributed by atoms with Crippen LogP contribution in [0.1, 0.15) is 37.0 Å². The maximum Gasteiger partial charge on any atom is 0.291 e. The van der Waals surface area contributed by atoms with E-state index < -0.39 is 0 Å². The van der Waals surface area contributed by atoms with Gasteiger partial charge in [-0.25, -0.2) is 4.99 Å². The van der Waals surface area contributed by atoms with E-state index in [1.165, 1.54) is 0 Å². The monoisotopic (exact) mass is 278 g/mol. The van der Waals surface area contributed by atoms with Gasteiger partial charge in [0.1, 0.15) is 5.75 Å². The fourth-order valence-electron chi connectivity index (χ4n) is 1.53. The Morgan fingerprint density at radius 3 is 2.80 bits per heavy atom. The smallest absolute Gasteiger partial charge is 0.291 e. The highest BCUT2D eigenvalue weighted by molar-refractivity contribution is 6.04. The molecular weight excluding hydrogens is 256 g/mol. The van der Waals surface area contributed by atoms with E-state index >= 15 is 0 Å². The molecular formula is C15H22N2O3. The highest BCUT2D eigenvalue weighted by Gasteiger charge is 2.10. The minimum Gasteiger partial charge on any atom is -0.497 e. The Morgan fingerprint density at radius 2 is 2.15 bits per heavy atom. The number of benzene rings is 1. The number of ether oxygens (including phenoxy) is 2. The molecule has 0 saturated heterocycles. The highest BCUT2D eigenvalue weighted by Crippen LogP contribution is 2.12. The zero-order chi connectivity index (χ0) is 14.8. The van der Waals surface area contributed by atoms with Crippen molar-refractivity contribution >= 4 is 11.9 Å². The normalized spacial score (nSPS) is 11.1. The van der Waals surface area contributed by atoms with E-state index in [1.807, 2.05) is 6.92 Å². The number of hydrogen-bond acceptors (Lipinski definition) is 4. The fraction of sp³-hybridized carbons (Fsp3) is 0.467. The van der Waals surface area contributed by atoms with Crippen LogP contribution in [0.25, 0.3) is 0 Å². The summed E-state index contributed by atoms with van der Waals surface area (Å²) < 4.78 is 10.4. The molecule has 1 amide bonds. The van der Waals surface area contributed by atoms with Crippen molar-refractivity contribution in [1.82, 2.24) is 5.32 Å². The van der Waals surface area contributed by atoms with E-state index in [9.17, 15) is 4.79 Å². The van der Waals surface area contributed by atoms with Crippen LogP contribution >= 0.6 is 0 Å². The minimum atomic E-state index is -0.257. The van der Waals surface area contributed by atoms with Crippen molar-refractivity contribution in [3.63, 3.8) is 0 Å².